The first-order chi connectivity index (χ1) is 11.5. The Hall–Kier alpha value is -0.200. The quantitative estimate of drug-likeness (QED) is 0.757. The molecule has 5 rings (SSSR count). The summed E-state index contributed by atoms with van der Waals surface area (Å²) < 4.78 is 12.2. The maximum Gasteiger partial charge on any atom is 0.195 e. The van der Waals surface area contributed by atoms with Crippen molar-refractivity contribution >= 4 is 0 Å². The second kappa shape index (κ2) is 5.17. The molecule has 1 spiro atoms. The van der Waals surface area contributed by atoms with E-state index in [-0.39, 0.29) is 11.5 Å². The molecule has 0 aromatic rings. The highest BCUT2D eigenvalue weighted by Gasteiger charge is 2.68. The molecule has 2 saturated heterocycles. The molecule has 5 aliphatic rings. The Balaban J connectivity index is 1.59. The predicted octanol–water partition coefficient (Wildman–Crippen LogP) is 1.37. The van der Waals surface area contributed by atoms with Crippen LogP contribution in [0.15, 0.2) is 0 Å². The monoisotopic (exact) mass is 337 g/mol. The molecular weight excluding hydrogens is 306 g/mol. The Kier molecular flexibility index (Phi) is 3.45. The third-order valence-electron chi connectivity index (χ3n) is 8.45. The van der Waals surface area contributed by atoms with Gasteiger partial charge in [0.2, 0.25) is 0 Å². The zero-order valence-corrected chi connectivity index (χ0v) is 14.9. The summed E-state index contributed by atoms with van der Waals surface area (Å²) in [4.78, 5) is 2.55. The minimum atomic E-state index is -0.902. The van der Waals surface area contributed by atoms with E-state index in [0.717, 1.165) is 32.2 Å². The summed E-state index contributed by atoms with van der Waals surface area (Å²) in [5.41, 5.74) is 0.178. The van der Waals surface area contributed by atoms with Crippen LogP contribution in [0, 0.1) is 23.2 Å². The van der Waals surface area contributed by atoms with Crippen molar-refractivity contribution in [2.45, 2.75) is 75.1 Å². The van der Waals surface area contributed by atoms with E-state index in [2.05, 4.69) is 11.9 Å². The second-order valence-corrected chi connectivity index (χ2v) is 9.23. The maximum absolute atomic E-state index is 10.9. The molecule has 0 aromatic carbocycles. The summed E-state index contributed by atoms with van der Waals surface area (Å²) in [7, 11) is 3.92. The Morgan fingerprint density at radius 1 is 1.17 bits per heavy atom. The third kappa shape index (κ3) is 1.88. The number of aliphatic hydroxyl groups is 2. The first kappa shape index (κ1) is 16.0. The van der Waals surface area contributed by atoms with Gasteiger partial charge in [0, 0.05) is 19.6 Å². The largest absolute Gasteiger partial charge is 0.390 e. The molecule has 2 aliphatic heterocycles. The van der Waals surface area contributed by atoms with E-state index in [4.69, 9.17) is 9.47 Å². The molecule has 5 nitrogen and oxygen atoms in total. The average Bonchev–Trinajstić information content (AvgIpc) is 2.59. The average molecular weight is 337 g/mol. The van der Waals surface area contributed by atoms with Crippen molar-refractivity contribution in [3.63, 3.8) is 0 Å². The molecule has 0 amide bonds. The van der Waals surface area contributed by atoms with Gasteiger partial charge in [0.25, 0.3) is 0 Å². The van der Waals surface area contributed by atoms with Gasteiger partial charge in [-0.3, -0.25) is 0 Å². The zero-order chi connectivity index (χ0) is 16.7. The van der Waals surface area contributed by atoms with Gasteiger partial charge in [-0.05, 0) is 75.3 Å². The van der Waals surface area contributed by atoms with Gasteiger partial charge in [-0.2, -0.15) is 0 Å². The van der Waals surface area contributed by atoms with Gasteiger partial charge in [-0.25, -0.2) is 0 Å². The molecule has 9 atom stereocenters. The third-order valence-corrected chi connectivity index (χ3v) is 8.45. The number of piperidine rings is 1. The van der Waals surface area contributed by atoms with E-state index in [1.54, 1.807) is 7.11 Å². The lowest BCUT2D eigenvalue weighted by Gasteiger charge is -2.69. The summed E-state index contributed by atoms with van der Waals surface area (Å²) in [5, 5.41) is 21.5. The summed E-state index contributed by atoms with van der Waals surface area (Å²) in [6.07, 6.45) is 5.90. The molecule has 2 bridgehead atoms. The van der Waals surface area contributed by atoms with Crippen LogP contribution in [0.4, 0.5) is 0 Å². The summed E-state index contributed by atoms with van der Waals surface area (Å²) in [6.45, 7) is 1.16. The number of ether oxygens (including phenoxy) is 2. The number of methoxy groups -OCH3 is 1. The lowest BCUT2D eigenvalue weighted by molar-refractivity contribution is -0.392. The van der Waals surface area contributed by atoms with Gasteiger partial charge in [-0.1, -0.05) is 0 Å². The fourth-order valence-corrected chi connectivity index (χ4v) is 7.42. The molecular formula is C19H31NO4. The maximum atomic E-state index is 10.9. The molecule has 5 fully saturated rings. The number of hydrogen-bond acceptors (Lipinski definition) is 5. The lowest BCUT2D eigenvalue weighted by Crippen LogP contribution is -2.73. The van der Waals surface area contributed by atoms with E-state index in [1.807, 2.05) is 0 Å². The fraction of sp³-hybridized carbons (Fsp3) is 1.00. The Bertz CT molecular complexity index is 529. The number of rotatable bonds is 1. The van der Waals surface area contributed by atoms with Crippen LogP contribution in [-0.2, 0) is 9.47 Å². The van der Waals surface area contributed by atoms with E-state index in [9.17, 15) is 10.2 Å². The second-order valence-electron chi connectivity index (χ2n) is 9.23. The molecule has 2 N–H and O–H groups in total. The SMILES string of the molecule is CO[C@@]12C[C@]3(CCC4C5C(CCN4C)CC(O)C(O1)C53)CC[C@@H]2O. The highest BCUT2D eigenvalue weighted by Crippen LogP contribution is 2.66. The number of fused-ring (bicyclic) bond motifs is 1. The molecule has 2 heterocycles. The van der Waals surface area contributed by atoms with Crippen LogP contribution < -0.4 is 0 Å². The Morgan fingerprint density at radius 2 is 1.96 bits per heavy atom. The van der Waals surface area contributed by atoms with Crippen LogP contribution in [0.3, 0.4) is 0 Å². The van der Waals surface area contributed by atoms with E-state index >= 15 is 0 Å². The summed E-state index contributed by atoms with van der Waals surface area (Å²) in [5.74, 6) is 0.783. The molecule has 136 valence electrons. The van der Waals surface area contributed by atoms with Crippen molar-refractivity contribution in [1.82, 2.24) is 4.90 Å². The van der Waals surface area contributed by atoms with Crippen molar-refractivity contribution in [3.8, 4) is 0 Å². The van der Waals surface area contributed by atoms with Gasteiger partial charge < -0.3 is 24.6 Å². The van der Waals surface area contributed by atoms with E-state index < -0.39 is 18.0 Å². The van der Waals surface area contributed by atoms with Crippen molar-refractivity contribution in [2.75, 3.05) is 20.7 Å². The molecule has 0 aromatic heterocycles. The van der Waals surface area contributed by atoms with Crippen molar-refractivity contribution in [1.29, 1.82) is 0 Å². The molecule has 3 aliphatic carbocycles. The van der Waals surface area contributed by atoms with Crippen LogP contribution in [0.5, 0.6) is 0 Å². The zero-order valence-electron chi connectivity index (χ0n) is 14.9. The summed E-state index contributed by atoms with van der Waals surface area (Å²) in [6, 6.07) is 0.639. The van der Waals surface area contributed by atoms with Gasteiger partial charge in [0.15, 0.2) is 5.79 Å². The highest BCUT2D eigenvalue weighted by atomic mass is 16.7. The minimum absolute atomic E-state index is 0.177. The number of aliphatic hydroxyl groups excluding tert-OH is 2. The molecule has 0 radical (unpaired) electrons. The highest BCUT2D eigenvalue weighted by molar-refractivity contribution is 5.15. The molecule has 6 unspecified atom stereocenters. The molecule has 3 saturated carbocycles. The number of likely N-dealkylation sites (tertiary alicyclic amines) is 1. The first-order valence-corrected chi connectivity index (χ1v) is 9.79. The van der Waals surface area contributed by atoms with Crippen molar-refractivity contribution in [2.24, 2.45) is 23.2 Å². The fourth-order valence-electron chi connectivity index (χ4n) is 7.42. The smallest absolute Gasteiger partial charge is 0.195 e. The Morgan fingerprint density at radius 3 is 2.75 bits per heavy atom. The van der Waals surface area contributed by atoms with E-state index in [1.165, 1.54) is 19.3 Å². The van der Waals surface area contributed by atoms with Gasteiger partial charge >= 0.3 is 0 Å². The van der Waals surface area contributed by atoms with Crippen LogP contribution in [0.2, 0.25) is 0 Å². The molecule has 5 heteroatoms. The van der Waals surface area contributed by atoms with Crippen molar-refractivity contribution in [3.05, 3.63) is 0 Å². The van der Waals surface area contributed by atoms with Gasteiger partial charge in [0.05, 0.1) is 12.2 Å². The van der Waals surface area contributed by atoms with Crippen LogP contribution in [-0.4, -0.2) is 66.0 Å². The van der Waals surface area contributed by atoms with Crippen LogP contribution in [0.1, 0.15) is 44.9 Å². The van der Waals surface area contributed by atoms with Crippen molar-refractivity contribution < 1.29 is 19.7 Å². The van der Waals surface area contributed by atoms with Gasteiger partial charge in [0.1, 0.15) is 6.10 Å². The van der Waals surface area contributed by atoms with Gasteiger partial charge in [-0.15, -0.1) is 0 Å². The first-order valence-electron chi connectivity index (χ1n) is 9.79. The topological polar surface area (TPSA) is 62.2 Å². The standard InChI is InChI=1S/C19H31NO4/c1-20-8-5-11-9-13(21)17-16-15(11)12(20)3-6-18(16)7-4-14(22)19(10-18,23-2)24-17/h11-17,21-22H,3-10H2,1-2H3/t11?,12?,13?,14-,15?,16?,17?,18-,19-/m0/s1. The lowest BCUT2D eigenvalue weighted by atomic mass is 9.45. The Labute approximate surface area is 144 Å². The predicted molar refractivity (Wildman–Crippen MR) is 88.3 cm³/mol. The molecule has 24 heavy (non-hydrogen) atoms. The number of nitrogens with zero attached hydrogens (tertiary/aromatic N) is 1. The normalized spacial score (nSPS) is 59.8. The minimum Gasteiger partial charge on any atom is -0.390 e. The number of hydrogen-bond donors (Lipinski definition) is 2. The summed E-state index contributed by atoms with van der Waals surface area (Å²) >= 11 is 0. The van der Waals surface area contributed by atoms with Crippen LogP contribution in [0.25, 0.3) is 0 Å². The van der Waals surface area contributed by atoms with Crippen LogP contribution >= 0.6 is 0 Å². The van der Waals surface area contributed by atoms with E-state index in [0.29, 0.717) is 23.8 Å².